The molecule has 0 fully saturated rings. The first-order valence-corrected chi connectivity index (χ1v) is 6.04. The number of rotatable bonds is 1. The Bertz CT molecular complexity index is 684. The van der Waals surface area contributed by atoms with Crippen molar-refractivity contribution in [2.45, 2.75) is 13.8 Å². The Balaban J connectivity index is 2.28. The monoisotopic (exact) mass is 259 g/mol. The molecule has 1 amide bonds. The smallest absolute Gasteiger partial charge is 0.265 e. The number of hydrogen-bond donors (Lipinski definition) is 1. The molecule has 1 aliphatic heterocycles. The van der Waals surface area contributed by atoms with Gasteiger partial charge < -0.3 is 14.7 Å². The molecule has 0 saturated heterocycles. The van der Waals surface area contributed by atoms with Gasteiger partial charge in [-0.2, -0.15) is 4.98 Å². The molecule has 1 aromatic heterocycles. The number of likely N-dealkylation sites (N-methyl/N-ethyl adjacent to an activating group) is 1. The van der Waals surface area contributed by atoms with Crippen LogP contribution in [-0.4, -0.2) is 34.1 Å². The Hall–Kier alpha value is -2.37. The number of aryl methyl sites for hydroxylation is 1. The molecule has 0 bridgehead atoms. The second-order valence-corrected chi connectivity index (χ2v) is 4.36. The molecule has 0 spiro atoms. The molecule has 0 radical (unpaired) electrons. The molecule has 19 heavy (non-hydrogen) atoms. The lowest BCUT2D eigenvalue weighted by atomic mass is 10.1. The maximum atomic E-state index is 11.8. The van der Waals surface area contributed by atoms with Crippen LogP contribution in [0.25, 0.3) is 10.9 Å². The molecule has 6 heteroatoms. The molecule has 2 aromatic rings. The summed E-state index contributed by atoms with van der Waals surface area (Å²) in [5.41, 5.74) is 1.25. The van der Waals surface area contributed by atoms with Crippen LogP contribution < -0.4 is 9.64 Å². The topological polar surface area (TPSA) is 75.6 Å². The van der Waals surface area contributed by atoms with Crippen molar-refractivity contribution in [1.29, 1.82) is 0 Å². The second kappa shape index (κ2) is 4.08. The highest BCUT2D eigenvalue weighted by atomic mass is 16.5. The van der Waals surface area contributed by atoms with Crippen molar-refractivity contribution in [3.63, 3.8) is 0 Å². The van der Waals surface area contributed by atoms with E-state index < -0.39 is 0 Å². The van der Waals surface area contributed by atoms with Gasteiger partial charge in [0.15, 0.2) is 6.61 Å². The first-order valence-electron chi connectivity index (χ1n) is 6.04. The van der Waals surface area contributed by atoms with Crippen molar-refractivity contribution in [2.24, 2.45) is 0 Å². The van der Waals surface area contributed by atoms with E-state index >= 15 is 0 Å². The Morgan fingerprint density at radius 2 is 2.21 bits per heavy atom. The minimum absolute atomic E-state index is 0.0302. The van der Waals surface area contributed by atoms with Gasteiger partial charge in [-0.15, -0.1) is 0 Å². The van der Waals surface area contributed by atoms with E-state index in [0.717, 1.165) is 0 Å². The lowest BCUT2D eigenvalue weighted by molar-refractivity contribution is -0.121. The third kappa shape index (κ3) is 1.76. The summed E-state index contributed by atoms with van der Waals surface area (Å²) in [6.45, 7) is 4.18. The van der Waals surface area contributed by atoms with Crippen LogP contribution in [0.15, 0.2) is 12.1 Å². The number of benzene rings is 1. The van der Waals surface area contributed by atoms with Gasteiger partial charge >= 0.3 is 0 Å². The lowest BCUT2D eigenvalue weighted by Crippen LogP contribution is -2.38. The molecule has 1 aromatic carbocycles. The van der Waals surface area contributed by atoms with E-state index in [-0.39, 0.29) is 18.4 Å². The highest BCUT2D eigenvalue weighted by Crippen LogP contribution is 2.37. The SMILES string of the molecule is CCN1C(=O)COc2cc3nc(C)nc(O)c3cc21. The van der Waals surface area contributed by atoms with E-state index in [9.17, 15) is 9.90 Å². The molecule has 0 aliphatic carbocycles. The van der Waals surface area contributed by atoms with Crippen LogP contribution in [0.3, 0.4) is 0 Å². The van der Waals surface area contributed by atoms with E-state index in [0.29, 0.717) is 34.7 Å². The number of hydrogen-bond acceptors (Lipinski definition) is 5. The van der Waals surface area contributed by atoms with Crippen LogP contribution in [0.2, 0.25) is 0 Å². The third-order valence-electron chi connectivity index (χ3n) is 3.13. The molecular formula is C13H13N3O3. The maximum absolute atomic E-state index is 11.8. The van der Waals surface area contributed by atoms with Crippen LogP contribution in [0.5, 0.6) is 11.6 Å². The summed E-state index contributed by atoms with van der Waals surface area (Å²) in [6.07, 6.45) is 0. The number of nitrogens with zero attached hydrogens (tertiary/aromatic N) is 3. The Kier molecular flexibility index (Phi) is 2.51. The quantitative estimate of drug-likeness (QED) is 0.837. The van der Waals surface area contributed by atoms with E-state index in [4.69, 9.17) is 4.74 Å². The molecule has 1 aliphatic rings. The van der Waals surface area contributed by atoms with Crippen molar-refractivity contribution >= 4 is 22.5 Å². The van der Waals surface area contributed by atoms with Crippen LogP contribution in [0, 0.1) is 6.92 Å². The predicted molar refractivity (Wildman–Crippen MR) is 69.5 cm³/mol. The zero-order valence-corrected chi connectivity index (χ0v) is 10.7. The highest BCUT2D eigenvalue weighted by molar-refractivity contribution is 6.01. The third-order valence-corrected chi connectivity index (χ3v) is 3.13. The highest BCUT2D eigenvalue weighted by Gasteiger charge is 2.25. The van der Waals surface area contributed by atoms with Gasteiger partial charge in [-0.1, -0.05) is 0 Å². The van der Waals surface area contributed by atoms with Crippen LogP contribution in [-0.2, 0) is 4.79 Å². The average Bonchev–Trinajstić information content (AvgIpc) is 2.37. The summed E-state index contributed by atoms with van der Waals surface area (Å²) >= 11 is 0. The summed E-state index contributed by atoms with van der Waals surface area (Å²) in [5, 5.41) is 10.4. The predicted octanol–water partition coefficient (Wildman–Crippen LogP) is 1.39. The Morgan fingerprint density at radius 1 is 1.42 bits per heavy atom. The molecule has 0 saturated carbocycles. The molecule has 6 nitrogen and oxygen atoms in total. The fourth-order valence-electron chi connectivity index (χ4n) is 2.27. The normalized spacial score (nSPS) is 14.4. The van der Waals surface area contributed by atoms with E-state index in [1.165, 1.54) is 0 Å². The van der Waals surface area contributed by atoms with Gasteiger partial charge in [-0.25, -0.2) is 4.98 Å². The first kappa shape index (κ1) is 11.7. The van der Waals surface area contributed by atoms with Crippen molar-refractivity contribution < 1.29 is 14.6 Å². The van der Waals surface area contributed by atoms with Gasteiger partial charge in [-0.05, 0) is 19.9 Å². The summed E-state index contributed by atoms with van der Waals surface area (Å²) < 4.78 is 5.42. The van der Waals surface area contributed by atoms with Crippen molar-refractivity contribution in [1.82, 2.24) is 9.97 Å². The Labute approximate surface area is 109 Å². The molecule has 1 N–H and O–H groups in total. The van der Waals surface area contributed by atoms with E-state index in [1.54, 1.807) is 24.0 Å². The van der Waals surface area contributed by atoms with E-state index in [2.05, 4.69) is 9.97 Å². The van der Waals surface area contributed by atoms with Gasteiger partial charge in [0.25, 0.3) is 5.91 Å². The second-order valence-electron chi connectivity index (χ2n) is 4.36. The molecule has 98 valence electrons. The van der Waals surface area contributed by atoms with Crippen molar-refractivity contribution in [3.05, 3.63) is 18.0 Å². The number of ether oxygens (including phenoxy) is 1. The number of fused-ring (bicyclic) bond motifs is 2. The Morgan fingerprint density at radius 3 is 2.95 bits per heavy atom. The molecular weight excluding hydrogens is 246 g/mol. The fraction of sp³-hybridized carbons (Fsp3) is 0.308. The van der Waals surface area contributed by atoms with Crippen molar-refractivity contribution in [3.8, 4) is 11.6 Å². The summed E-state index contributed by atoms with van der Waals surface area (Å²) in [6, 6.07) is 3.42. The summed E-state index contributed by atoms with van der Waals surface area (Å²) in [4.78, 5) is 21.6. The van der Waals surface area contributed by atoms with Crippen molar-refractivity contribution in [2.75, 3.05) is 18.1 Å². The summed E-state index contributed by atoms with van der Waals surface area (Å²) in [5.74, 6) is 0.914. The minimum Gasteiger partial charge on any atom is -0.493 e. The number of carbonyl (C=O) groups excluding carboxylic acids is 1. The number of anilines is 1. The standard InChI is InChI=1S/C13H13N3O3/c1-3-16-10-4-8-9(14-7(2)15-13(8)18)5-11(10)19-6-12(16)17/h4-5H,3,6H2,1-2H3,(H,14,15,18). The number of amides is 1. The molecule has 0 atom stereocenters. The zero-order chi connectivity index (χ0) is 13.6. The van der Waals surface area contributed by atoms with Crippen LogP contribution in [0.4, 0.5) is 5.69 Å². The maximum Gasteiger partial charge on any atom is 0.265 e. The van der Waals surface area contributed by atoms with Gasteiger partial charge in [-0.3, -0.25) is 4.79 Å². The average molecular weight is 259 g/mol. The number of carbonyl (C=O) groups is 1. The van der Waals surface area contributed by atoms with Gasteiger partial charge in [0.05, 0.1) is 16.6 Å². The zero-order valence-electron chi connectivity index (χ0n) is 10.7. The van der Waals surface area contributed by atoms with Gasteiger partial charge in [0, 0.05) is 12.6 Å². The summed E-state index contributed by atoms with van der Waals surface area (Å²) in [7, 11) is 0. The number of aromatic hydroxyl groups is 1. The van der Waals surface area contributed by atoms with Gasteiger partial charge in [0.1, 0.15) is 11.6 Å². The lowest BCUT2D eigenvalue weighted by Gasteiger charge is -2.28. The largest absolute Gasteiger partial charge is 0.493 e. The van der Waals surface area contributed by atoms with Crippen LogP contribution in [0.1, 0.15) is 12.7 Å². The van der Waals surface area contributed by atoms with Crippen LogP contribution >= 0.6 is 0 Å². The fourth-order valence-corrected chi connectivity index (χ4v) is 2.27. The molecule has 0 unspecified atom stereocenters. The first-order chi connectivity index (χ1) is 9.10. The molecule has 3 rings (SSSR count). The minimum atomic E-state index is -0.0955. The van der Waals surface area contributed by atoms with Gasteiger partial charge in [0.2, 0.25) is 5.88 Å². The van der Waals surface area contributed by atoms with E-state index in [1.807, 2.05) is 6.92 Å². The number of aromatic nitrogens is 2. The molecule has 2 heterocycles.